The van der Waals surface area contributed by atoms with Gasteiger partial charge in [-0.25, -0.2) is 9.37 Å². The molecular weight excluding hydrogens is 435 g/mol. The van der Waals surface area contributed by atoms with Crippen LogP contribution in [-0.2, 0) is 16.1 Å². The lowest BCUT2D eigenvalue weighted by atomic mass is 10.2. The van der Waals surface area contributed by atoms with Crippen molar-refractivity contribution in [2.75, 3.05) is 6.54 Å². The number of ether oxygens (including phenoxy) is 1. The largest absolute Gasteiger partial charge is 0.458 e. The maximum atomic E-state index is 13.0. The van der Waals surface area contributed by atoms with Gasteiger partial charge in [0.1, 0.15) is 24.0 Å². The van der Waals surface area contributed by atoms with Crippen LogP contribution in [0.15, 0.2) is 58.4 Å². The number of benzene rings is 2. The van der Waals surface area contributed by atoms with E-state index in [0.717, 1.165) is 10.0 Å². The first kappa shape index (κ1) is 19.2. The molecule has 1 heterocycles. The molecule has 8 heteroatoms. The monoisotopic (exact) mass is 448 g/mol. The van der Waals surface area contributed by atoms with Gasteiger partial charge in [0.2, 0.25) is 0 Å². The number of carbonyl (C=O) groups is 2. The van der Waals surface area contributed by atoms with Crippen LogP contribution in [-0.4, -0.2) is 23.4 Å². The number of rotatable bonds is 6. The molecule has 0 fully saturated rings. The lowest BCUT2D eigenvalue weighted by Gasteiger charge is -2.06. The molecule has 1 amide bonds. The highest BCUT2D eigenvalue weighted by Crippen LogP contribution is 2.24. The van der Waals surface area contributed by atoms with Crippen LogP contribution < -0.4 is 5.32 Å². The zero-order valence-corrected chi connectivity index (χ0v) is 16.3. The molecule has 0 bridgehead atoms. The van der Waals surface area contributed by atoms with Crippen molar-refractivity contribution in [2.24, 2.45) is 0 Å². The van der Waals surface area contributed by atoms with E-state index < -0.39 is 5.97 Å². The summed E-state index contributed by atoms with van der Waals surface area (Å²) in [5, 5.41) is 4.99. The topological polar surface area (TPSA) is 68.3 Å². The van der Waals surface area contributed by atoms with E-state index in [9.17, 15) is 14.0 Å². The molecule has 2 aromatic carbocycles. The smallest absolute Gasteiger partial charge is 0.325 e. The molecule has 1 N–H and O–H groups in total. The number of nitrogens with zero attached hydrogens (tertiary/aromatic N) is 1. The van der Waals surface area contributed by atoms with Crippen molar-refractivity contribution in [1.82, 2.24) is 10.3 Å². The molecule has 1 aromatic heterocycles. The summed E-state index contributed by atoms with van der Waals surface area (Å²) in [6.07, 6.45) is 0. The Bertz CT molecular complexity index is 960. The minimum atomic E-state index is -0.560. The Hall–Kier alpha value is -2.58. The van der Waals surface area contributed by atoms with Crippen molar-refractivity contribution in [2.45, 2.75) is 6.61 Å². The number of nitrogens with one attached hydrogen (secondary N) is 1. The maximum absolute atomic E-state index is 13.0. The number of amides is 1. The molecule has 0 spiro atoms. The molecule has 0 aliphatic heterocycles. The van der Waals surface area contributed by atoms with Gasteiger partial charge in [-0.2, -0.15) is 0 Å². The average Bonchev–Trinajstić information content (AvgIpc) is 3.14. The van der Waals surface area contributed by atoms with Crippen LogP contribution in [0.5, 0.6) is 0 Å². The predicted octanol–water partition coefficient (Wildman–Crippen LogP) is 4.18. The van der Waals surface area contributed by atoms with Gasteiger partial charge in [-0.05, 0) is 42.5 Å². The summed E-state index contributed by atoms with van der Waals surface area (Å²) in [6, 6.07) is 12.9. The molecule has 0 radical (unpaired) electrons. The van der Waals surface area contributed by atoms with Gasteiger partial charge in [0, 0.05) is 21.0 Å². The Morgan fingerprint density at radius 3 is 2.70 bits per heavy atom. The second-order valence-corrected chi connectivity index (χ2v) is 7.28. The summed E-state index contributed by atoms with van der Waals surface area (Å²) in [4.78, 5) is 28.2. The van der Waals surface area contributed by atoms with Crippen LogP contribution in [0.3, 0.4) is 0 Å². The van der Waals surface area contributed by atoms with E-state index in [1.807, 2.05) is 0 Å². The summed E-state index contributed by atoms with van der Waals surface area (Å²) in [6.45, 7) is -0.233. The third-order valence-electron chi connectivity index (χ3n) is 3.50. The predicted molar refractivity (Wildman–Crippen MR) is 104 cm³/mol. The number of halogens is 2. The highest BCUT2D eigenvalue weighted by Gasteiger charge is 2.11. The Morgan fingerprint density at radius 2 is 1.96 bits per heavy atom. The number of hydrogen-bond acceptors (Lipinski definition) is 5. The third kappa shape index (κ3) is 5.45. The molecule has 3 aromatic rings. The number of thiazole rings is 1. The molecule has 0 aliphatic carbocycles. The van der Waals surface area contributed by atoms with Gasteiger partial charge in [0.15, 0.2) is 0 Å². The standard InChI is InChI=1S/C19H14BrFN2O3S/c20-14-3-1-2-13(8-14)18(25)22-9-17(24)26-10-16-11-27-19(23-16)12-4-6-15(21)7-5-12/h1-8,11H,9-10H2,(H,22,25). The Kier molecular flexibility index (Phi) is 6.31. The van der Waals surface area contributed by atoms with Gasteiger partial charge in [0.25, 0.3) is 5.91 Å². The molecule has 3 rings (SSSR count). The van der Waals surface area contributed by atoms with Gasteiger partial charge in [0.05, 0.1) is 5.69 Å². The van der Waals surface area contributed by atoms with Crippen molar-refractivity contribution in [3.8, 4) is 10.6 Å². The fourth-order valence-corrected chi connectivity index (χ4v) is 3.40. The Balaban J connectivity index is 1.48. The molecule has 0 atom stereocenters. The van der Waals surface area contributed by atoms with Gasteiger partial charge in [-0.15, -0.1) is 11.3 Å². The van der Waals surface area contributed by atoms with Crippen molar-refractivity contribution in [3.05, 3.63) is 75.5 Å². The lowest BCUT2D eigenvalue weighted by molar-refractivity contribution is -0.143. The number of aromatic nitrogens is 1. The van der Waals surface area contributed by atoms with Gasteiger partial charge >= 0.3 is 5.97 Å². The van der Waals surface area contributed by atoms with E-state index in [0.29, 0.717) is 16.3 Å². The minimum Gasteiger partial charge on any atom is -0.458 e. The van der Waals surface area contributed by atoms with E-state index in [-0.39, 0.29) is 24.9 Å². The number of hydrogen-bond donors (Lipinski definition) is 1. The fourth-order valence-electron chi connectivity index (χ4n) is 2.19. The molecule has 0 aliphatic rings. The SMILES string of the molecule is O=C(CNC(=O)c1cccc(Br)c1)OCc1csc(-c2ccc(F)cc2)n1. The first-order valence-electron chi connectivity index (χ1n) is 7.91. The van der Waals surface area contributed by atoms with Crippen LogP contribution in [0.4, 0.5) is 4.39 Å². The van der Waals surface area contributed by atoms with Crippen LogP contribution >= 0.6 is 27.3 Å². The first-order chi connectivity index (χ1) is 13.0. The number of carbonyl (C=O) groups excluding carboxylic acids is 2. The summed E-state index contributed by atoms with van der Waals surface area (Å²) in [7, 11) is 0. The van der Waals surface area contributed by atoms with Crippen LogP contribution in [0.25, 0.3) is 10.6 Å². The highest BCUT2D eigenvalue weighted by molar-refractivity contribution is 9.10. The number of esters is 1. The van der Waals surface area contributed by atoms with Crippen molar-refractivity contribution < 1.29 is 18.7 Å². The van der Waals surface area contributed by atoms with E-state index >= 15 is 0 Å². The van der Waals surface area contributed by atoms with Gasteiger partial charge in [-0.3, -0.25) is 9.59 Å². The molecule has 27 heavy (non-hydrogen) atoms. The minimum absolute atomic E-state index is 0.00326. The van der Waals surface area contributed by atoms with E-state index in [1.165, 1.54) is 23.5 Å². The Morgan fingerprint density at radius 1 is 1.19 bits per heavy atom. The van der Waals surface area contributed by atoms with Crippen molar-refractivity contribution >= 4 is 39.1 Å². The lowest BCUT2D eigenvalue weighted by Crippen LogP contribution is -2.30. The summed E-state index contributed by atoms with van der Waals surface area (Å²) in [5.41, 5.74) is 1.83. The van der Waals surface area contributed by atoms with Crippen molar-refractivity contribution in [1.29, 1.82) is 0 Å². The normalized spacial score (nSPS) is 10.4. The second-order valence-electron chi connectivity index (χ2n) is 5.50. The van der Waals surface area contributed by atoms with Gasteiger partial charge < -0.3 is 10.1 Å². The average molecular weight is 449 g/mol. The summed E-state index contributed by atoms with van der Waals surface area (Å²) < 4.78 is 18.9. The van der Waals surface area contributed by atoms with Crippen LogP contribution in [0, 0.1) is 5.82 Å². The first-order valence-corrected chi connectivity index (χ1v) is 9.58. The molecule has 5 nitrogen and oxygen atoms in total. The Labute approximate surface area is 167 Å². The van der Waals surface area contributed by atoms with Gasteiger partial charge in [-0.1, -0.05) is 22.0 Å². The highest BCUT2D eigenvalue weighted by atomic mass is 79.9. The zero-order chi connectivity index (χ0) is 19.2. The van der Waals surface area contributed by atoms with E-state index in [1.54, 1.807) is 41.8 Å². The molecule has 0 saturated heterocycles. The molecule has 0 unspecified atom stereocenters. The van der Waals surface area contributed by atoms with E-state index in [4.69, 9.17) is 4.74 Å². The van der Waals surface area contributed by atoms with Crippen molar-refractivity contribution in [3.63, 3.8) is 0 Å². The fraction of sp³-hybridized carbons (Fsp3) is 0.105. The van der Waals surface area contributed by atoms with Crippen LogP contribution in [0.1, 0.15) is 16.1 Å². The quantitative estimate of drug-likeness (QED) is 0.574. The molecule has 0 saturated carbocycles. The third-order valence-corrected chi connectivity index (χ3v) is 4.94. The summed E-state index contributed by atoms with van der Waals surface area (Å²) >= 11 is 4.67. The molecule has 138 valence electrons. The van der Waals surface area contributed by atoms with Crippen LogP contribution in [0.2, 0.25) is 0 Å². The molecular formula is C19H14BrFN2O3S. The zero-order valence-electron chi connectivity index (χ0n) is 13.9. The summed E-state index contributed by atoms with van der Waals surface area (Å²) in [5.74, 6) is -1.23. The maximum Gasteiger partial charge on any atom is 0.325 e. The van der Waals surface area contributed by atoms with E-state index in [2.05, 4.69) is 26.2 Å². The second kappa shape index (κ2) is 8.88.